The van der Waals surface area contributed by atoms with Gasteiger partial charge in [-0.1, -0.05) is 12.5 Å². The molecule has 0 fully saturated rings. The third-order valence-corrected chi connectivity index (χ3v) is 3.71. The number of rotatable bonds is 7. The van der Waals surface area contributed by atoms with Crippen molar-refractivity contribution in [2.45, 2.75) is 33.7 Å². The van der Waals surface area contributed by atoms with E-state index in [1.54, 1.807) is 0 Å². The maximum absolute atomic E-state index is 5.77. The molecule has 0 bridgehead atoms. The molecule has 0 heterocycles. The van der Waals surface area contributed by atoms with Crippen LogP contribution in [0.1, 0.15) is 32.8 Å². The Hall–Kier alpha value is -0.320. The summed E-state index contributed by atoms with van der Waals surface area (Å²) < 4.78 is 7.74. The summed E-state index contributed by atoms with van der Waals surface area (Å²) in [5.41, 5.74) is 2.49. The standard InChI is InChI=1S/C15H21Br2NO/c1-4-6-18-10-12-8-13(16)15(14(17)9-12)19-7-5-11(2)3/h5,8-9,18H,4,6-7,10H2,1-3H3. The quantitative estimate of drug-likeness (QED) is 0.519. The van der Waals surface area contributed by atoms with E-state index in [1.165, 1.54) is 11.1 Å². The highest BCUT2D eigenvalue weighted by atomic mass is 79.9. The summed E-state index contributed by atoms with van der Waals surface area (Å²) in [7, 11) is 0. The minimum atomic E-state index is 0.590. The van der Waals surface area contributed by atoms with E-state index in [1.807, 2.05) is 0 Å². The van der Waals surface area contributed by atoms with Crippen LogP contribution in [0.5, 0.6) is 5.75 Å². The Morgan fingerprint density at radius 3 is 2.42 bits per heavy atom. The van der Waals surface area contributed by atoms with E-state index in [2.05, 4.69) is 76.2 Å². The zero-order chi connectivity index (χ0) is 14.3. The Bertz CT molecular complexity index is 417. The first kappa shape index (κ1) is 16.7. The maximum Gasteiger partial charge on any atom is 0.148 e. The molecule has 19 heavy (non-hydrogen) atoms. The van der Waals surface area contributed by atoms with Gasteiger partial charge in [-0.05, 0) is 82.4 Å². The molecule has 0 saturated carbocycles. The minimum Gasteiger partial charge on any atom is -0.487 e. The van der Waals surface area contributed by atoms with Crippen LogP contribution in [-0.2, 0) is 6.54 Å². The highest BCUT2D eigenvalue weighted by Crippen LogP contribution is 2.34. The third kappa shape index (κ3) is 6.11. The molecule has 0 aliphatic rings. The van der Waals surface area contributed by atoms with Gasteiger partial charge >= 0.3 is 0 Å². The fourth-order valence-electron chi connectivity index (χ4n) is 1.55. The second-order valence-corrected chi connectivity index (χ2v) is 6.37. The molecular formula is C15H21Br2NO. The third-order valence-electron chi connectivity index (χ3n) is 2.53. The Morgan fingerprint density at radius 2 is 1.89 bits per heavy atom. The summed E-state index contributed by atoms with van der Waals surface area (Å²) in [6.45, 7) is 8.80. The van der Waals surface area contributed by atoms with E-state index in [4.69, 9.17) is 4.74 Å². The maximum atomic E-state index is 5.77. The summed E-state index contributed by atoms with van der Waals surface area (Å²) in [6.07, 6.45) is 3.21. The molecule has 106 valence electrons. The van der Waals surface area contributed by atoms with Crippen LogP contribution < -0.4 is 10.1 Å². The molecule has 4 heteroatoms. The Labute approximate surface area is 132 Å². The van der Waals surface area contributed by atoms with Crippen molar-refractivity contribution in [3.05, 3.63) is 38.3 Å². The second-order valence-electron chi connectivity index (χ2n) is 4.66. The molecule has 0 amide bonds. The number of halogens is 2. The molecule has 0 radical (unpaired) electrons. The Morgan fingerprint density at radius 1 is 1.26 bits per heavy atom. The number of hydrogen-bond donors (Lipinski definition) is 1. The van der Waals surface area contributed by atoms with Gasteiger partial charge < -0.3 is 10.1 Å². The summed E-state index contributed by atoms with van der Waals surface area (Å²) >= 11 is 7.14. The van der Waals surface area contributed by atoms with Gasteiger partial charge in [-0.2, -0.15) is 0 Å². The van der Waals surface area contributed by atoms with Gasteiger partial charge in [-0.15, -0.1) is 0 Å². The van der Waals surface area contributed by atoms with Gasteiger partial charge in [0, 0.05) is 6.54 Å². The molecule has 0 aliphatic heterocycles. The van der Waals surface area contributed by atoms with E-state index < -0.39 is 0 Å². The van der Waals surface area contributed by atoms with E-state index in [0.717, 1.165) is 34.2 Å². The molecule has 2 nitrogen and oxygen atoms in total. The van der Waals surface area contributed by atoms with Crippen LogP contribution >= 0.6 is 31.9 Å². The summed E-state index contributed by atoms with van der Waals surface area (Å²) in [6, 6.07) is 4.20. The summed E-state index contributed by atoms with van der Waals surface area (Å²) in [4.78, 5) is 0. The number of allylic oxidation sites excluding steroid dienone is 1. The van der Waals surface area contributed by atoms with Gasteiger partial charge in [0.1, 0.15) is 12.4 Å². The fraction of sp³-hybridized carbons (Fsp3) is 0.467. The zero-order valence-corrected chi connectivity index (χ0v) is 14.9. The number of ether oxygens (including phenoxy) is 1. The molecule has 0 atom stereocenters. The molecule has 1 aromatic carbocycles. The van der Waals surface area contributed by atoms with Crippen molar-refractivity contribution in [1.29, 1.82) is 0 Å². The van der Waals surface area contributed by atoms with Crippen LogP contribution in [0.3, 0.4) is 0 Å². The second kappa shape index (κ2) is 8.77. The predicted octanol–water partition coefficient (Wildman–Crippen LogP) is 5.06. The van der Waals surface area contributed by atoms with Crippen LogP contribution in [0.25, 0.3) is 0 Å². The van der Waals surface area contributed by atoms with Crippen LogP contribution in [0, 0.1) is 0 Å². The van der Waals surface area contributed by atoms with Crippen molar-refractivity contribution in [3.8, 4) is 5.75 Å². The SMILES string of the molecule is CCCNCc1cc(Br)c(OCC=C(C)C)c(Br)c1. The number of benzene rings is 1. The first-order valence-electron chi connectivity index (χ1n) is 6.49. The van der Waals surface area contributed by atoms with Crippen LogP contribution in [0.4, 0.5) is 0 Å². The monoisotopic (exact) mass is 389 g/mol. The van der Waals surface area contributed by atoms with Crippen LogP contribution in [-0.4, -0.2) is 13.2 Å². The van der Waals surface area contributed by atoms with Crippen molar-refractivity contribution < 1.29 is 4.74 Å². The highest BCUT2D eigenvalue weighted by Gasteiger charge is 2.08. The van der Waals surface area contributed by atoms with Gasteiger partial charge in [0.2, 0.25) is 0 Å². The van der Waals surface area contributed by atoms with Gasteiger partial charge in [0.25, 0.3) is 0 Å². The molecule has 1 N–H and O–H groups in total. The van der Waals surface area contributed by atoms with Crippen molar-refractivity contribution in [2.24, 2.45) is 0 Å². The average Bonchev–Trinajstić information content (AvgIpc) is 2.32. The van der Waals surface area contributed by atoms with Crippen molar-refractivity contribution in [2.75, 3.05) is 13.2 Å². The predicted molar refractivity (Wildman–Crippen MR) is 88.8 cm³/mol. The van der Waals surface area contributed by atoms with E-state index in [0.29, 0.717) is 6.61 Å². The van der Waals surface area contributed by atoms with E-state index >= 15 is 0 Å². The van der Waals surface area contributed by atoms with Crippen molar-refractivity contribution in [1.82, 2.24) is 5.32 Å². The first-order valence-corrected chi connectivity index (χ1v) is 8.08. The first-order chi connectivity index (χ1) is 9.04. The smallest absolute Gasteiger partial charge is 0.148 e. The van der Waals surface area contributed by atoms with Crippen molar-refractivity contribution >= 4 is 31.9 Å². The van der Waals surface area contributed by atoms with Crippen LogP contribution in [0.2, 0.25) is 0 Å². The molecule has 0 spiro atoms. The van der Waals surface area contributed by atoms with E-state index in [-0.39, 0.29) is 0 Å². The van der Waals surface area contributed by atoms with Gasteiger partial charge in [-0.3, -0.25) is 0 Å². The number of nitrogens with one attached hydrogen (secondary N) is 1. The highest BCUT2D eigenvalue weighted by molar-refractivity contribution is 9.11. The van der Waals surface area contributed by atoms with Gasteiger partial charge in [-0.25, -0.2) is 0 Å². The Balaban J connectivity index is 2.71. The summed E-state index contributed by atoms with van der Waals surface area (Å²) in [5.74, 6) is 0.858. The molecule has 0 unspecified atom stereocenters. The topological polar surface area (TPSA) is 21.3 Å². The lowest BCUT2D eigenvalue weighted by Crippen LogP contribution is -2.13. The average molecular weight is 391 g/mol. The lowest BCUT2D eigenvalue weighted by atomic mass is 10.2. The minimum absolute atomic E-state index is 0.590. The van der Waals surface area contributed by atoms with Gasteiger partial charge in [0.15, 0.2) is 0 Å². The van der Waals surface area contributed by atoms with Crippen molar-refractivity contribution in [3.63, 3.8) is 0 Å². The van der Waals surface area contributed by atoms with Gasteiger partial charge in [0.05, 0.1) is 8.95 Å². The molecule has 0 aromatic heterocycles. The Kier molecular flexibility index (Phi) is 7.73. The molecule has 0 aliphatic carbocycles. The lowest BCUT2D eigenvalue weighted by Gasteiger charge is -2.11. The molecule has 0 saturated heterocycles. The normalized spacial score (nSPS) is 10.4. The summed E-state index contributed by atoms with van der Waals surface area (Å²) in [5, 5.41) is 3.39. The van der Waals surface area contributed by atoms with E-state index in [9.17, 15) is 0 Å². The molecule has 1 rings (SSSR count). The fourth-order valence-corrected chi connectivity index (χ4v) is 3.06. The largest absolute Gasteiger partial charge is 0.487 e. The zero-order valence-electron chi connectivity index (χ0n) is 11.7. The lowest BCUT2D eigenvalue weighted by molar-refractivity contribution is 0.357. The number of hydrogen-bond acceptors (Lipinski definition) is 2. The molecule has 1 aromatic rings. The van der Waals surface area contributed by atoms with Crippen LogP contribution in [0.15, 0.2) is 32.7 Å². The molecular weight excluding hydrogens is 370 g/mol.